The number of Topliss-reactive ketones (excluding diaryl/α,β-unsaturated/α-hetero) is 1. The molecular formula is C14H18O. The molecule has 1 aromatic rings. The minimum atomic E-state index is 0.346. The zero-order valence-electron chi connectivity index (χ0n) is 9.11. The van der Waals surface area contributed by atoms with E-state index in [2.05, 4.69) is 24.3 Å². The summed E-state index contributed by atoms with van der Waals surface area (Å²) in [5.41, 5.74) is 1.36. The number of hydrogen-bond donors (Lipinski definition) is 0. The molecule has 1 fully saturated rings. The van der Waals surface area contributed by atoms with E-state index in [-0.39, 0.29) is 0 Å². The van der Waals surface area contributed by atoms with E-state index in [1.807, 2.05) is 6.07 Å². The number of aryl methyl sites for hydroxylation is 1. The van der Waals surface area contributed by atoms with Crippen molar-refractivity contribution >= 4 is 5.78 Å². The van der Waals surface area contributed by atoms with Crippen molar-refractivity contribution in [3.8, 4) is 0 Å². The van der Waals surface area contributed by atoms with Gasteiger partial charge in [0, 0.05) is 12.3 Å². The predicted molar refractivity (Wildman–Crippen MR) is 61.7 cm³/mol. The zero-order valence-corrected chi connectivity index (χ0v) is 9.11. The fraction of sp³-hybridized carbons (Fsp3) is 0.500. The average Bonchev–Trinajstić information content (AvgIpc) is 2.29. The van der Waals surface area contributed by atoms with E-state index < -0.39 is 0 Å². The number of ketones is 1. The lowest BCUT2D eigenvalue weighted by atomic mass is 9.84. The molecule has 1 aromatic carbocycles. The Morgan fingerprint density at radius 1 is 1.13 bits per heavy atom. The maximum Gasteiger partial charge on any atom is 0.135 e. The lowest BCUT2D eigenvalue weighted by molar-refractivity contribution is -0.124. The Kier molecular flexibility index (Phi) is 3.54. The molecule has 0 spiro atoms. The molecule has 0 saturated heterocycles. The van der Waals surface area contributed by atoms with Crippen LogP contribution in [0.15, 0.2) is 30.3 Å². The summed E-state index contributed by atoms with van der Waals surface area (Å²) in [6.45, 7) is 0. The average molecular weight is 202 g/mol. The van der Waals surface area contributed by atoms with E-state index >= 15 is 0 Å². The second-order valence-electron chi connectivity index (χ2n) is 4.43. The molecule has 1 aliphatic carbocycles. The Labute approximate surface area is 91.5 Å². The molecule has 2 rings (SSSR count). The van der Waals surface area contributed by atoms with Crippen LogP contribution in [-0.4, -0.2) is 5.78 Å². The largest absolute Gasteiger partial charge is 0.299 e. The van der Waals surface area contributed by atoms with Gasteiger partial charge in [-0.15, -0.1) is 0 Å². The first-order valence-corrected chi connectivity index (χ1v) is 5.93. The molecule has 0 heterocycles. The van der Waals surface area contributed by atoms with Gasteiger partial charge >= 0.3 is 0 Å². The smallest absolute Gasteiger partial charge is 0.135 e. The van der Waals surface area contributed by atoms with Gasteiger partial charge in [-0.05, 0) is 31.2 Å². The summed E-state index contributed by atoms with van der Waals surface area (Å²) in [5, 5.41) is 0. The number of benzene rings is 1. The van der Waals surface area contributed by atoms with Crippen molar-refractivity contribution in [1.29, 1.82) is 0 Å². The number of rotatable bonds is 3. The van der Waals surface area contributed by atoms with E-state index in [4.69, 9.17) is 0 Å². The molecule has 1 unspecified atom stereocenters. The lowest BCUT2D eigenvalue weighted by Gasteiger charge is -2.20. The molecule has 0 bridgehead atoms. The van der Waals surface area contributed by atoms with Crippen LogP contribution >= 0.6 is 0 Å². The summed E-state index contributed by atoms with van der Waals surface area (Å²) in [6, 6.07) is 10.5. The van der Waals surface area contributed by atoms with Crippen LogP contribution in [0.5, 0.6) is 0 Å². The quantitative estimate of drug-likeness (QED) is 0.734. The molecule has 1 aliphatic rings. The Bertz CT molecular complexity index is 315. The molecule has 0 amide bonds. The molecular weight excluding hydrogens is 184 g/mol. The first-order chi connectivity index (χ1) is 7.36. The third-order valence-corrected chi connectivity index (χ3v) is 3.31. The zero-order chi connectivity index (χ0) is 10.5. The first kappa shape index (κ1) is 10.4. The highest BCUT2D eigenvalue weighted by molar-refractivity contribution is 5.81. The number of carbonyl (C=O) groups excluding carboxylic acids is 1. The lowest BCUT2D eigenvalue weighted by Crippen LogP contribution is -2.19. The topological polar surface area (TPSA) is 17.1 Å². The Morgan fingerprint density at radius 2 is 1.93 bits per heavy atom. The molecule has 1 nitrogen and oxygen atoms in total. The van der Waals surface area contributed by atoms with E-state index in [0.717, 1.165) is 32.1 Å². The molecule has 0 aromatic heterocycles. The van der Waals surface area contributed by atoms with E-state index in [9.17, 15) is 4.79 Å². The fourth-order valence-electron chi connectivity index (χ4n) is 2.35. The summed E-state index contributed by atoms with van der Waals surface area (Å²) in [6.07, 6.45) is 6.39. The first-order valence-electron chi connectivity index (χ1n) is 5.93. The molecule has 1 saturated carbocycles. The van der Waals surface area contributed by atoms with Crippen molar-refractivity contribution in [2.24, 2.45) is 5.92 Å². The SMILES string of the molecule is O=C1CCCCC1CCc1ccccc1. The fourth-order valence-corrected chi connectivity index (χ4v) is 2.35. The second-order valence-corrected chi connectivity index (χ2v) is 4.43. The molecule has 0 radical (unpaired) electrons. The number of carbonyl (C=O) groups is 1. The third-order valence-electron chi connectivity index (χ3n) is 3.31. The van der Waals surface area contributed by atoms with Gasteiger partial charge in [0.1, 0.15) is 5.78 Å². The van der Waals surface area contributed by atoms with Crippen LogP contribution in [0.25, 0.3) is 0 Å². The predicted octanol–water partition coefficient (Wildman–Crippen LogP) is 3.38. The van der Waals surface area contributed by atoms with Crippen molar-refractivity contribution in [2.45, 2.75) is 38.5 Å². The van der Waals surface area contributed by atoms with Crippen LogP contribution < -0.4 is 0 Å². The minimum absolute atomic E-state index is 0.346. The Hall–Kier alpha value is -1.11. The van der Waals surface area contributed by atoms with Crippen LogP contribution in [0, 0.1) is 5.92 Å². The van der Waals surface area contributed by atoms with Crippen molar-refractivity contribution in [3.05, 3.63) is 35.9 Å². The van der Waals surface area contributed by atoms with Gasteiger partial charge < -0.3 is 0 Å². The van der Waals surface area contributed by atoms with Gasteiger partial charge in [0.15, 0.2) is 0 Å². The van der Waals surface area contributed by atoms with E-state index in [1.54, 1.807) is 0 Å². The second kappa shape index (κ2) is 5.11. The van der Waals surface area contributed by atoms with Crippen LogP contribution in [0.4, 0.5) is 0 Å². The maximum absolute atomic E-state index is 11.6. The molecule has 0 N–H and O–H groups in total. The van der Waals surface area contributed by atoms with Gasteiger partial charge in [0.2, 0.25) is 0 Å². The molecule has 15 heavy (non-hydrogen) atoms. The van der Waals surface area contributed by atoms with Crippen molar-refractivity contribution in [3.63, 3.8) is 0 Å². The summed E-state index contributed by atoms with van der Waals surface area (Å²) >= 11 is 0. The van der Waals surface area contributed by atoms with Crippen LogP contribution in [0.1, 0.15) is 37.7 Å². The van der Waals surface area contributed by atoms with E-state index in [0.29, 0.717) is 11.7 Å². The van der Waals surface area contributed by atoms with Gasteiger partial charge in [-0.1, -0.05) is 36.8 Å². The third kappa shape index (κ3) is 2.92. The molecule has 1 heteroatoms. The van der Waals surface area contributed by atoms with Crippen LogP contribution in [0.3, 0.4) is 0 Å². The monoisotopic (exact) mass is 202 g/mol. The highest BCUT2D eigenvalue weighted by atomic mass is 16.1. The standard InChI is InChI=1S/C14H18O/c15-14-9-5-4-8-13(14)11-10-12-6-2-1-3-7-12/h1-3,6-7,13H,4-5,8-11H2. The minimum Gasteiger partial charge on any atom is -0.299 e. The van der Waals surface area contributed by atoms with Gasteiger partial charge in [0.05, 0.1) is 0 Å². The highest BCUT2D eigenvalue weighted by Gasteiger charge is 2.21. The summed E-state index contributed by atoms with van der Waals surface area (Å²) in [7, 11) is 0. The highest BCUT2D eigenvalue weighted by Crippen LogP contribution is 2.24. The van der Waals surface area contributed by atoms with Crippen LogP contribution in [-0.2, 0) is 11.2 Å². The van der Waals surface area contributed by atoms with Crippen molar-refractivity contribution in [2.75, 3.05) is 0 Å². The summed E-state index contributed by atoms with van der Waals surface area (Å²) in [4.78, 5) is 11.6. The van der Waals surface area contributed by atoms with Gasteiger partial charge in [-0.2, -0.15) is 0 Å². The van der Waals surface area contributed by atoms with Crippen LogP contribution in [0.2, 0.25) is 0 Å². The summed E-state index contributed by atoms with van der Waals surface area (Å²) in [5.74, 6) is 0.844. The normalized spacial score (nSPS) is 21.6. The van der Waals surface area contributed by atoms with E-state index in [1.165, 1.54) is 12.0 Å². The molecule has 80 valence electrons. The summed E-state index contributed by atoms with van der Waals surface area (Å²) < 4.78 is 0. The molecule has 0 aliphatic heterocycles. The Morgan fingerprint density at radius 3 is 2.67 bits per heavy atom. The van der Waals surface area contributed by atoms with Gasteiger partial charge in [-0.3, -0.25) is 4.79 Å². The van der Waals surface area contributed by atoms with Gasteiger partial charge in [0.25, 0.3) is 0 Å². The number of hydrogen-bond acceptors (Lipinski definition) is 1. The van der Waals surface area contributed by atoms with Gasteiger partial charge in [-0.25, -0.2) is 0 Å². The van der Waals surface area contributed by atoms with Crippen molar-refractivity contribution < 1.29 is 4.79 Å². The Balaban J connectivity index is 1.85. The maximum atomic E-state index is 11.6. The molecule has 1 atom stereocenters. The van der Waals surface area contributed by atoms with Crippen molar-refractivity contribution in [1.82, 2.24) is 0 Å².